The molecule has 122 valence electrons. The number of nitrogens with one attached hydrogen (secondary N) is 1. The molecule has 0 aliphatic carbocycles. The number of carbonyl (C=O) groups is 1. The fraction of sp³-hybridized carbons (Fsp3) is 0.0625. The molecule has 6 nitrogen and oxygen atoms in total. The summed E-state index contributed by atoms with van der Waals surface area (Å²) in [7, 11) is 0. The number of hydrogen-bond donors (Lipinski definition) is 3. The number of amides is 1. The van der Waals surface area contributed by atoms with E-state index in [4.69, 9.17) is 10.8 Å². The minimum Gasteiger partial charge on any atom is -0.398 e. The first-order valence-electron chi connectivity index (χ1n) is 6.99. The van der Waals surface area contributed by atoms with E-state index < -0.39 is 0 Å². The Balaban J connectivity index is 1.79. The van der Waals surface area contributed by atoms with Crippen LogP contribution >= 0.6 is 23.1 Å². The van der Waals surface area contributed by atoms with E-state index in [9.17, 15) is 4.79 Å². The molecule has 8 heteroatoms. The third-order valence-electron chi connectivity index (χ3n) is 3.09. The van der Waals surface area contributed by atoms with Crippen LogP contribution < -0.4 is 11.1 Å². The first kappa shape index (κ1) is 16.4. The minimum absolute atomic E-state index is 0.160. The van der Waals surface area contributed by atoms with Gasteiger partial charge in [0.25, 0.3) is 5.91 Å². The van der Waals surface area contributed by atoms with Crippen LogP contribution in [0.1, 0.15) is 16.1 Å². The van der Waals surface area contributed by atoms with Gasteiger partial charge in [0.05, 0.1) is 17.9 Å². The Morgan fingerprint density at radius 2 is 2.04 bits per heavy atom. The van der Waals surface area contributed by atoms with Gasteiger partial charge in [-0.25, -0.2) is 4.98 Å². The zero-order valence-corrected chi connectivity index (χ0v) is 14.1. The van der Waals surface area contributed by atoms with Gasteiger partial charge in [-0.05, 0) is 30.3 Å². The molecule has 1 aromatic carbocycles. The first-order valence-corrected chi connectivity index (χ1v) is 8.69. The summed E-state index contributed by atoms with van der Waals surface area (Å²) in [6.45, 7) is -0.160. The highest BCUT2D eigenvalue weighted by atomic mass is 32.2. The molecule has 0 aliphatic heterocycles. The van der Waals surface area contributed by atoms with Crippen molar-refractivity contribution < 1.29 is 9.90 Å². The number of aliphatic hydroxyl groups is 1. The molecule has 0 saturated heterocycles. The van der Waals surface area contributed by atoms with Crippen molar-refractivity contribution in [1.29, 1.82) is 0 Å². The summed E-state index contributed by atoms with van der Waals surface area (Å²) in [4.78, 5) is 22.4. The zero-order valence-electron chi connectivity index (χ0n) is 12.5. The fourth-order valence-electron chi connectivity index (χ4n) is 1.94. The highest BCUT2D eigenvalue weighted by molar-refractivity contribution is 7.99. The standard InChI is InChI=1S/C16H14N4O2S2/c17-14-2-1-12(24-11-3-5-18-6-4-11)7-13(14)15(22)20-16-19-10(8-21)9-23-16/h1-7,9,21H,8,17H2,(H,19,20,22). The van der Waals surface area contributed by atoms with E-state index in [-0.39, 0.29) is 12.5 Å². The van der Waals surface area contributed by atoms with E-state index in [1.54, 1.807) is 29.9 Å². The summed E-state index contributed by atoms with van der Waals surface area (Å²) in [5, 5.41) is 13.8. The van der Waals surface area contributed by atoms with Crippen molar-refractivity contribution in [2.45, 2.75) is 16.4 Å². The lowest BCUT2D eigenvalue weighted by Crippen LogP contribution is -2.14. The van der Waals surface area contributed by atoms with Gasteiger partial charge in [0.15, 0.2) is 5.13 Å². The molecule has 2 heterocycles. The van der Waals surface area contributed by atoms with Crippen LogP contribution in [0.25, 0.3) is 0 Å². The Hall–Kier alpha value is -2.42. The van der Waals surface area contributed by atoms with Crippen LogP contribution in [-0.4, -0.2) is 21.0 Å². The number of nitrogens with two attached hydrogens (primary N) is 1. The zero-order chi connectivity index (χ0) is 16.9. The fourth-order valence-corrected chi connectivity index (χ4v) is 3.48. The molecular formula is C16H14N4O2S2. The van der Waals surface area contributed by atoms with Crippen molar-refractivity contribution in [2.75, 3.05) is 11.1 Å². The molecule has 0 unspecified atom stereocenters. The van der Waals surface area contributed by atoms with Crippen molar-refractivity contribution in [3.63, 3.8) is 0 Å². The molecule has 0 saturated carbocycles. The van der Waals surface area contributed by atoms with Crippen molar-refractivity contribution in [3.05, 3.63) is 59.4 Å². The highest BCUT2D eigenvalue weighted by Crippen LogP contribution is 2.30. The number of nitrogen functional groups attached to an aromatic ring is 1. The van der Waals surface area contributed by atoms with Gasteiger partial charge < -0.3 is 10.8 Å². The number of rotatable bonds is 5. The minimum atomic E-state index is -0.330. The quantitative estimate of drug-likeness (QED) is 0.606. The molecule has 3 aromatic rings. The normalized spacial score (nSPS) is 10.5. The average molecular weight is 358 g/mol. The van der Waals surface area contributed by atoms with E-state index in [1.807, 2.05) is 18.2 Å². The van der Waals surface area contributed by atoms with Crippen molar-refractivity contribution in [3.8, 4) is 0 Å². The summed E-state index contributed by atoms with van der Waals surface area (Å²) < 4.78 is 0. The maximum atomic E-state index is 12.4. The highest BCUT2D eigenvalue weighted by Gasteiger charge is 2.13. The molecule has 1 amide bonds. The Labute approximate surface area is 146 Å². The lowest BCUT2D eigenvalue weighted by Gasteiger charge is -2.08. The number of anilines is 2. The average Bonchev–Trinajstić information content (AvgIpc) is 3.05. The van der Waals surface area contributed by atoms with E-state index >= 15 is 0 Å². The van der Waals surface area contributed by atoms with E-state index in [0.29, 0.717) is 22.1 Å². The maximum Gasteiger partial charge on any atom is 0.259 e. The summed E-state index contributed by atoms with van der Waals surface area (Å²) in [5.74, 6) is -0.330. The molecule has 0 radical (unpaired) electrons. The predicted octanol–water partition coefficient (Wildman–Crippen LogP) is 3.02. The number of nitrogens with zero attached hydrogens (tertiary/aromatic N) is 2. The molecule has 0 fully saturated rings. The van der Waals surface area contributed by atoms with Gasteiger partial charge in [0.1, 0.15) is 0 Å². The second-order valence-electron chi connectivity index (χ2n) is 4.79. The van der Waals surface area contributed by atoms with Gasteiger partial charge in [-0.2, -0.15) is 0 Å². The number of benzene rings is 1. The lowest BCUT2D eigenvalue weighted by molar-refractivity contribution is 0.102. The van der Waals surface area contributed by atoms with E-state index in [2.05, 4.69) is 15.3 Å². The largest absolute Gasteiger partial charge is 0.398 e. The maximum absolute atomic E-state index is 12.4. The second kappa shape index (κ2) is 7.43. The summed E-state index contributed by atoms with van der Waals surface area (Å²) in [6, 6.07) is 9.11. The second-order valence-corrected chi connectivity index (χ2v) is 6.80. The van der Waals surface area contributed by atoms with Crippen LogP contribution in [0.4, 0.5) is 10.8 Å². The first-order chi connectivity index (χ1) is 11.7. The molecule has 3 rings (SSSR count). The van der Waals surface area contributed by atoms with Gasteiger partial charge in [-0.1, -0.05) is 11.8 Å². The molecule has 0 atom stereocenters. The Bertz CT molecular complexity index is 852. The van der Waals surface area contributed by atoms with Crippen LogP contribution in [0, 0.1) is 0 Å². The molecule has 24 heavy (non-hydrogen) atoms. The van der Waals surface area contributed by atoms with Crippen molar-refractivity contribution in [2.24, 2.45) is 0 Å². The van der Waals surface area contributed by atoms with Crippen LogP contribution in [-0.2, 0) is 6.61 Å². The van der Waals surface area contributed by atoms with Gasteiger partial charge in [-0.15, -0.1) is 11.3 Å². The number of aliphatic hydroxyl groups excluding tert-OH is 1. The van der Waals surface area contributed by atoms with Crippen molar-refractivity contribution in [1.82, 2.24) is 9.97 Å². The third kappa shape index (κ3) is 3.91. The van der Waals surface area contributed by atoms with Crippen LogP contribution in [0.5, 0.6) is 0 Å². The Kier molecular flexibility index (Phi) is 5.09. The third-order valence-corrected chi connectivity index (χ3v) is 4.89. The van der Waals surface area contributed by atoms with Gasteiger partial charge in [0, 0.05) is 33.3 Å². The van der Waals surface area contributed by atoms with Gasteiger partial charge in [-0.3, -0.25) is 15.1 Å². The molecule has 0 bridgehead atoms. The van der Waals surface area contributed by atoms with Gasteiger partial charge >= 0.3 is 0 Å². The number of hydrogen-bond acceptors (Lipinski definition) is 7. The summed E-state index contributed by atoms with van der Waals surface area (Å²) in [5.41, 5.74) is 7.23. The molecular weight excluding hydrogens is 344 g/mol. The van der Waals surface area contributed by atoms with Crippen LogP contribution in [0.2, 0.25) is 0 Å². The molecule has 0 spiro atoms. The van der Waals surface area contributed by atoms with Crippen LogP contribution in [0.3, 0.4) is 0 Å². The number of carbonyl (C=O) groups excluding carboxylic acids is 1. The molecule has 2 aromatic heterocycles. The SMILES string of the molecule is Nc1ccc(Sc2ccncc2)cc1C(=O)Nc1nc(CO)cs1. The number of pyridine rings is 1. The number of thiazole rings is 1. The van der Waals surface area contributed by atoms with E-state index in [1.165, 1.54) is 23.1 Å². The lowest BCUT2D eigenvalue weighted by atomic mass is 10.1. The summed E-state index contributed by atoms with van der Waals surface area (Å²) in [6.07, 6.45) is 3.43. The topological polar surface area (TPSA) is 101 Å². The smallest absolute Gasteiger partial charge is 0.259 e. The monoisotopic (exact) mass is 358 g/mol. The van der Waals surface area contributed by atoms with Crippen LogP contribution in [0.15, 0.2) is 57.9 Å². The summed E-state index contributed by atoms with van der Waals surface area (Å²) >= 11 is 2.77. The Morgan fingerprint density at radius 1 is 1.25 bits per heavy atom. The Morgan fingerprint density at radius 3 is 2.75 bits per heavy atom. The number of aromatic nitrogens is 2. The molecule has 4 N–H and O–H groups in total. The van der Waals surface area contributed by atoms with E-state index in [0.717, 1.165) is 9.79 Å². The van der Waals surface area contributed by atoms with Crippen molar-refractivity contribution >= 4 is 39.8 Å². The van der Waals surface area contributed by atoms with Gasteiger partial charge in [0.2, 0.25) is 0 Å². The molecule has 0 aliphatic rings. The predicted molar refractivity (Wildman–Crippen MR) is 95.2 cm³/mol.